The molecule has 1 aliphatic heterocycles. The van der Waals surface area contributed by atoms with Crippen LogP contribution >= 0.6 is 0 Å². The first-order valence-electron chi connectivity index (χ1n) is 12.0. The molecule has 2 amide bonds. The van der Waals surface area contributed by atoms with Crippen molar-refractivity contribution in [3.8, 4) is 17.0 Å². The van der Waals surface area contributed by atoms with Crippen LogP contribution in [-0.4, -0.2) is 50.6 Å². The van der Waals surface area contributed by atoms with E-state index in [4.69, 9.17) is 10.5 Å². The molecule has 40 heavy (non-hydrogen) atoms. The van der Waals surface area contributed by atoms with E-state index in [1.807, 2.05) is 0 Å². The van der Waals surface area contributed by atoms with Crippen molar-refractivity contribution in [3.05, 3.63) is 83.2 Å². The molecule has 1 unspecified atom stereocenters. The molecule has 2 atom stereocenters. The van der Waals surface area contributed by atoms with Crippen molar-refractivity contribution in [2.75, 3.05) is 13.2 Å². The van der Waals surface area contributed by atoms with Gasteiger partial charge in [0.25, 0.3) is 5.91 Å². The number of aromatic nitrogens is 3. The van der Waals surface area contributed by atoms with Gasteiger partial charge in [-0.1, -0.05) is 6.07 Å². The van der Waals surface area contributed by atoms with E-state index in [1.165, 1.54) is 25.3 Å². The molecule has 208 valence electrons. The molecule has 0 saturated heterocycles. The number of rotatable bonds is 6. The minimum absolute atomic E-state index is 0.0229. The van der Waals surface area contributed by atoms with Gasteiger partial charge in [-0.25, -0.2) is 14.4 Å². The third-order valence-corrected chi connectivity index (χ3v) is 7.04. The van der Waals surface area contributed by atoms with E-state index in [-0.39, 0.29) is 34.9 Å². The van der Waals surface area contributed by atoms with Crippen LogP contribution < -0.4 is 15.8 Å². The molecular formula is C27H23F4N5O4. The number of hydrogen-bond donors (Lipinski definition) is 3. The number of pyridine rings is 2. The zero-order chi connectivity index (χ0) is 29.0. The van der Waals surface area contributed by atoms with Crippen LogP contribution in [0.2, 0.25) is 0 Å². The van der Waals surface area contributed by atoms with Crippen molar-refractivity contribution in [2.24, 2.45) is 5.73 Å². The largest absolute Gasteiger partial charge is 0.489 e. The number of benzene rings is 1. The predicted octanol–water partition coefficient (Wildman–Crippen LogP) is 3.16. The lowest BCUT2D eigenvalue weighted by Gasteiger charge is -2.31. The van der Waals surface area contributed by atoms with Crippen molar-refractivity contribution in [1.29, 1.82) is 0 Å². The van der Waals surface area contributed by atoms with Crippen LogP contribution in [0.25, 0.3) is 16.9 Å². The Kier molecular flexibility index (Phi) is 6.29. The van der Waals surface area contributed by atoms with E-state index in [2.05, 4.69) is 15.3 Å². The molecule has 0 radical (unpaired) electrons. The summed E-state index contributed by atoms with van der Waals surface area (Å²) in [7, 11) is 0. The van der Waals surface area contributed by atoms with Crippen molar-refractivity contribution in [3.63, 3.8) is 0 Å². The van der Waals surface area contributed by atoms with Crippen LogP contribution in [0, 0.1) is 12.7 Å². The highest BCUT2D eigenvalue weighted by molar-refractivity contribution is 5.93. The molecule has 0 saturated carbocycles. The monoisotopic (exact) mass is 557 g/mol. The van der Waals surface area contributed by atoms with Crippen LogP contribution in [0.4, 0.5) is 17.6 Å². The van der Waals surface area contributed by atoms with E-state index >= 15 is 0 Å². The number of fused-ring (bicyclic) bond motifs is 2. The number of carbonyl (C=O) groups is 2. The number of imidazole rings is 1. The van der Waals surface area contributed by atoms with Gasteiger partial charge in [-0.2, -0.15) is 13.2 Å². The number of carbonyl (C=O) groups excluding carboxylic acids is 2. The molecule has 9 nitrogen and oxygen atoms in total. The highest BCUT2D eigenvalue weighted by Crippen LogP contribution is 2.47. The van der Waals surface area contributed by atoms with E-state index in [9.17, 15) is 32.3 Å². The van der Waals surface area contributed by atoms with Crippen LogP contribution in [0.1, 0.15) is 34.2 Å². The number of primary amides is 1. The Balaban J connectivity index is 1.59. The molecule has 4 N–H and O–H groups in total. The normalized spacial score (nSPS) is 18.2. The summed E-state index contributed by atoms with van der Waals surface area (Å²) >= 11 is 0. The van der Waals surface area contributed by atoms with E-state index in [1.54, 1.807) is 29.7 Å². The number of amides is 2. The molecule has 5 rings (SSSR count). The number of alkyl halides is 3. The third-order valence-electron chi connectivity index (χ3n) is 7.04. The Morgan fingerprint density at radius 3 is 2.52 bits per heavy atom. The van der Waals surface area contributed by atoms with Crippen molar-refractivity contribution in [1.82, 2.24) is 19.7 Å². The number of nitrogens with two attached hydrogens (primary N) is 1. The Morgan fingerprint density at radius 2 is 1.90 bits per heavy atom. The molecule has 0 aliphatic carbocycles. The summed E-state index contributed by atoms with van der Waals surface area (Å²) in [6.45, 7) is 1.53. The van der Waals surface area contributed by atoms with Gasteiger partial charge in [-0.05, 0) is 55.8 Å². The fourth-order valence-corrected chi connectivity index (χ4v) is 4.50. The van der Waals surface area contributed by atoms with Gasteiger partial charge in [-0.3, -0.25) is 9.59 Å². The van der Waals surface area contributed by atoms with Crippen molar-refractivity contribution < 1.29 is 37.0 Å². The first kappa shape index (κ1) is 27.1. The lowest BCUT2D eigenvalue weighted by molar-refractivity contribution is -0.265. The van der Waals surface area contributed by atoms with Gasteiger partial charge in [0.15, 0.2) is 0 Å². The summed E-state index contributed by atoms with van der Waals surface area (Å²) in [6, 6.07) is 9.06. The summed E-state index contributed by atoms with van der Waals surface area (Å²) in [5, 5.41) is 13.2. The average molecular weight is 558 g/mol. The quantitative estimate of drug-likeness (QED) is 0.312. The zero-order valence-electron chi connectivity index (χ0n) is 21.2. The summed E-state index contributed by atoms with van der Waals surface area (Å²) in [5.74, 6) is -2.46. The van der Waals surface area contributed by atoms with Gasteiger partial charge in [0, 0.05) is 23.5 Å². The van der Waals surface area contributed by atoms with Crippen molar-refractivity contribution in [2.45, 2.75) is 31.0 Å². The number of nitrogens with one attached hydrogen (secondary N) is 1. The summed E-state index contributed by atoms with van der Waals surface area (Å²) in [6.07, 6.45) is -2.36. The van der Waals surface area contributed by atoms with Gasteiger partial charge in [-0.15, -0.1) is 0 Å². The van der Waals surface area contributed by atoms with Crippen molar-refractivity contribution >= 4 is 17.5 Å². The summed E-state index contributed by atoms with van der Waals surface area (Å²) in [4.78, 5) is 33.4. The number of hydrogen-bond acceptors (Lipinski definition) is 6. The molecule has 0 spiro atoms. The molecule has 3 aromatic heterocycles. The second-order valence-electron chi connectivity index (χ2n) is 9.81. The third kappa shape index (κ3) is 4.31. The molecular weight excluding hydrogens is 534 g/mol. The Labute approximate surface area is 224 Å². The average Bonchev–Trinajstić information content (AvgIpc) is 3.50. The summed E-state index contributed by atoms with van der Waals surface area (Å²) in [5.41, 5.74) is 0.381. The Morgan fingerprint density at radius 1 is 1.20 bits per heavy atom. The SMILES string of the molecule is Cc1cccn2cc(C(=O)NCC(O)(c3cc4c(c(-c5ccc(F)cc5)n3)OC[C@]4(C)C(N)=O)C(F)(F)F)nc12. The van der Waals surface area contributed by atoms with Crippen LogP contribution in [0.5, 0.6) is 5.75 Å². The highest BCUT2D eigenvalue weighted by Gasteiger charge is 2.57. The topological polar surface area (TPSA) is 132 Å². The second kappa shape index (κ2) is 9.30. The molecule has 13 heteroatoms. The minimum atomic E-state index is -5.33. The van der Waals surface area contributed by atoms with E-state index in [0.717, 1.165) is 23.8 Å². The number of ether oxygens (including phenoxy) is 1. The Hall–Kier alpha value is -4.52. The van der Waals surface area contributed by atoms with Crippen LogP contribution in [-0.2, 0) is 15.8 Å². The van der Waals surface area contributed by atoms with E-state index in [0.29, 0.717) is 5.65 Å². The predicted molar refractivity (Wildman–Crippen MR) is 134 cm³/mol. The number of halogens is 4. The molecule has 1 aromatic carbocycles. The first-order chi connectivity index (χ1) is 18.7. The maximum atomic E-state index is 14.5. The smallest absolute Gasteiger partial charge is 0.424 e. The lowest BCUT2D eigenvalue weighted by Crippen LogP contribution is -2.52. The van der Waals surface area contributed by atoms with Gasteiger partial charge in [0.2, 0.25) is 11.5 Å². The van der Waals surface area contributed by atoms with Gasteiger partial charge >= 0.3 is 6.18 Å². The maximum Gasteiger partial charge on any atom is 0.424 e. The van der Waals surface area contributed by atoms with Crippen LogP contribution in [0.15, 0.2) is 54.9 Å². The second-order valence-corrected chi connectivity index (χ2v) is 9.81. The maximum absolute atomic E-state index is 14.5. The standard InChI is InChI=1S/C27H23F4N5O4/c1-14-4-3-9-36-11-18(34-22(14)36)23(37)33-12-26(39,27(29,30)31)19-10-17-21(40-13-25(17,2)24(32)38)20(35-19)15-5-7-16(28)8-6-15/h3-11,39H,12-13H2,1-2H3,(H2,32,38)(H,33,37)/t25-,26?/m0/s1. The van der Waals surface area contributed by atoms with Gasteiger partial charge in [0.1, 0.15) is 40.6 Å². The lowest BCUT2D eigenvalue weighted by atomic mass is 9.81. The molecule has 4 aromatic rings. The molecule has 0 fully saturated rings. The minimum Gasteiger partial charge on any atom is -0.489 e. The van der Waals surface area contributed by atoms with Crippen LogP contribution in [0.3, 0.4) is 0 Å². The van der Waals surface area contributed by atoms with Gasteiger partial charge in [0.05, 0.1) is 12.2 Å². The summed E-state index contributed by atoms with van der Waals surface area (Å²) < 4.78 is 64.3. The fourth-order valence-electron chi connectivity index (χ4n) is 4.50. The first-order valence-corrected chi connectivity index (χ1v) is 12.0. The molecule has 1 aliphatic rings. The van der Waals surface area contributed by atoms with Gasteiger partial charge < -0.3 is 25.3 Å². The number of aryl methyl sites for hydroxylation is 1. The number of nitrogens with zero attached hydrogens (tertiary/aromatic N) is 3. The molecule has 4 heterocycles. The molecule has 0 bridgehead atoms. The zero-order valence-corrected chi connectivity index (χ0v) is 21.2. The number of aliphatic hydroxyl groups is 1. The fraction of sp³-hybridized carbons (Fsp3) is 0.259. The van der Waals surface area contributed by atoms with E-state index < -0.39 is 47.1 Å². The Bertz CT molecular complexity index is 1650. The highest BCUT2D eigenvalue weighted by atomic mass is 19.4.